The highest BCUT2D eigenvalue weighted by Gasteiger charge is 2.17. The molecule has 2 aromatic rings. The Labute approximate surface area is 145 Å². The molecule has 0 radical (unpaired) electrons. The summed E-state index contributed by atoms with van der Waals surface area (Å²) in [6.07, 6.45) is 7.67. The number of rotatable bonds is 5. The highest BCUT2D eigenvalue weighted by Crippen LogP contribution is 2.30. The van der Waals surface area contributed by atoms with Crippen LogP contribution in [0.4, 0.5) is 10.8 Å². The zero-order valence-corrected chi connectivity index (χ0v) is 15.2. The van der Waals surface area contributed by atoms with Crippen LogP contribution in [0.3, 0.4) is 0 Å². The topological polar surface area (TPSA) is 88.2 Å². The quantitative estimate of drug-likeness (QED) is 0.845. The van der Waals surface area contributed by atoms with Gasteiger partial charge in [0.2, 0.25) is 15.9 Å². The summed E-state index contributed by atoms with van der Waals surface area (Å²) in [5, 5.41) is 3.27. The maximum absolute atomic E-state index is 12.2. The molecule has 1 aromatic carbocycles. The lowest BCUT2D eigenvalue weighted by Crippen LogP contribution is -2.18. The van der Waals surface area contributed by atoms with Crippen LogP contribution in [0.1, 0.15) is 38.5 Å². The average molecular weight is 367 g/mol. The van der Waals surface area contributed by atoms with Gasteiger partial charge >= 0.3 is 0 Å². The zero-order chi connectivity index (χ0) is 17.2. The molecule has 1 aliphatic rings. The first-order valence-corrected chi connectivity index (χ1v) is 10.8. The maximum atomic E-state index is 12.2. The van der Waals surface area contributed by atoms with Gasteiger partial charge < -0.3 is 5.32 Å². The van der Waals surface area contributed by atoms with E-state index in [2.05, 4.69) is 15.0 Å². The number of anilines is 2. The normalized spacial score (nSPS) is 16.2. The number of sulfonamides is 1. The van der Waals surface area contributed by atoms with E-state index in [9.17, 15) is 13.2 Å². The van der Waals surface area contributed by atoms with Crippen molar-refractivity contribution in [1.82, 2.24) is 4.98 Å². The van der Waals surface area contributed by atoms with Crippen molar-refractivity contribution in [2.24, 2.45) is 5.92 Å². The summed E-state index contributed by atoms with van der Waals surface area (Å²) in [5.41, 5.74) is 1.43. The van der Waals surface area contributed by atoms with Gasteiger partial charge in [-0.15, -0.1) is 0 Å². The van der Waals surface area contributed by atoms with Gasteiger partial charge in [0.05, 0.1) is 16.5 Å². The van der Waals surface area contributed by atoms with Gasteiger partial charge in [-0.1, -0.05) is 30.6 Å². The predicted octanol–water partition coefficient (Wildman–Crippen LogP) is 3.58. The van der Waals surface area contributed by atoms with E-state index in [1.807, 2.05) is 6.07 Å². The lowest BCUT2D eigenvalue weighted by atomic mass is 9.87. The Bertz CT molecular complexity index is 839. The number of nitrogens with one attached hydrogen (secondary N) is 2. The third-order valence-corrected chi connectivity index (χ3v) is 5.77. The van der Waals surface area contributed by atoms with Crippen LogP contribution in [0, 0.1) is 5.92 Å². The summed E-state index contributed by atoms with van der Waals surface area (Å²) in [7, 11) is -3.34. The zero-order valence-electron chi connectivity index (χ0n) is 13.5. The van der Waals surface area contributed by atoms with Crippen molar-refractivity contribution in [2.75, 3.05) is 16.3 Å². The van der Waals surface area contributed by atoms with Crippen LogP contribution in [0.15, 0.2) is 18.2 Å². The summed E-state index contributed by atoms with van der Waals surface area (Å²) >= 11 is 1.25. The number of benzene rings is 1. The van der Waals surface area contributed by atoms with Gasteiger partial charge in [-0.05, 0) is 37.0 Å². The minimum atomic E-state index is -3.34. The number of aromatic nitrogens is 1. The smallest absolute Gasteiger partial charge is 0.231 e. The first-order valence-electron chi connectivity index (χ1n) is 8.07. The second kappa shape index (κ2) is 7.06. The summed E-state index contributed by atoms with van der Waals surface area (Å²) in [4.78, 5) is 16.4. The van der Waals surface area contributed by atoms with Gasteiger partial charge in [-0.3, -0.25) is 9.52 Å². The first kappa shape index (κ1) is 17.2. The third kappa shape index (κ3) is 4.67. The number of hydrogen-bond donors (Lipinski definition) is 2. The van der Waals surface area contributed by atoms with Crippen LogP contribution in [-0.2, 0) is 14.8 Å². The third-order valence-electron chi connectivity index (χ3n) is 4.14. The second-order valence-electron chi connectivity index (χ2n) is 6.33. The number of carbonyl (C=O) groups excluding carboxylic acids is 1. The van der Waals surface area contributed by atoms with Gasteiger partial charge in [-0.25, -0.2) is 13.4 Å². The molecule has 0 saturated heterocycles. The van der Waals surface area contributed by atoms with Crippen molar-refractivity contribution in [3.05, 3.63) is 18.2 Å². The van der Waals surface area contributed by atoms with Crippen LogP contribution in [-0.4, -0.2) is 25.6 Å². The van der Waals surface area contributed by atoms with E-state index in [0.29, 0.717) is 23.0 Å². The fraction of sp³-hybridized carbons (Fsp3) is 0.500. The van der Waals surface area contributed by atoms with Crippen molar-refractivity contribution in [2.45, 2.75) is 38.5 Å². The van der Waals surface area contributed by atoms with Crippen LogP contribution >= 0.6 is 11.3 Å². The molecule has 1 amide bonds. The van der Waals surface area contributed by atoms with Crippen LogP contribution in [0.25, 0.3) is 10.2 Å². The second-order valence-corrected chi connectivity index (χ2v) is 9.11. The molecule has 0 atom stereocenters. The molecule has 2 N–H and O–H groups in total. The van der Waals surface area contributed by atoms with Crippen molar-refractivity contribution in [1.29, 1.82) is 0 Å². The molecule has 3 rings (SSSR count). The van der Waals surface area contributed by atoms with Gasteiger partial charge in [0.15, 0.2) is 5.13 Å². The first-order chi connectivity index (χ1) is 11.4. The Morgan fingerprint density at radius 2 is 2.04 bits per heavy atom. The van der Waals surface area contributed by atoms with E-state index < -0.39 is 10.0 Å². The van der Waals surface area contributed by atoms with Gasteiger partial charge in [0.1, 0.15) is 0 Å². The minimum Gasteiger partial charge on any atom is -0.326 e. The molecular weight excluding hydrogens is 346 g/mol. The lowest BCUT2D eigenvalue weighted by Gasteiger charge is -2.20. The Kier molecular flexibility index (Phi) is 5.05. The molecule has 24 heavy (non-hydrogen) atoms. The number of thiazole rings is 1. The van der Waals surface area contributed by atoms with Gasteiger partial charge in [0.25, 0.3) is 0 Å². The van der Waals surface area contributed by atoms with E-state index in [1.54, 1.807) is 12.1 Å². The SMILES string of the molecule is CS(=O)(=O)Nc1nc2ccc(NC(=O)CC3CCCCC3)cc2s1. The number of carbonyl (C=O) groups is 1. The Hall–Kier alpha value is -1.67. The number of hydrogen-bond acceptors (Lipinski definition) is 5. The molecule has 1 aliphatic carbocycles. The van der Waals surface area contributed by atoms with E-state index in [-0.39, 0.29) is 5.91 Å². The molecule has 0 unspecified atom stereocenters. The molecule has 1 heterocycles. The van der Waals surface area contributed by atoms with Gasteiger partial charge in [0, 0.05) is 12.1 Å². The monoisotopic (exact) mass is 367 g/mol. The van der Waals surface area contributed by atoms with Gasteiger partial charge in [-0.2, -0.15) is 0 Å². The molecular formula is C16H21N3O3S2. The van der Waals surface area contributed by atoms with E-state index in [0.717, 1.165) is 29.5 Å². The molecule has 6 nitrogen and oxygen atoms in total. The van der Waals surface area contributed by atoms with E-state index in [4.69, 9.17) is 0 Å². The highest BCUT2D eigenvalue weighted by atomic mass is 32.2. The van der Waals surface area contributed by atoms with E-state index in [1.165, 1.54) is 30.6 Å². The summed E-state index contributed by atoms with van der Waals surface area (Å²) in [6.45, 7) is 0. The Morgan fingerprint density at radius 1 is 1.29 bits per heavy atom. The molecule has 1 aromatic heterocycles. The molecule has 0 spiro atoms. The molecule has 8 heteroatoms. The van der Waals surface area contributed by atoms with Crippen LogP contribution < -0.4 is 10.0 Å². The minimum absolute atomic E-state index is 0.0419. The number of fused-ring (bicyclic) bond motifs is 1. The summed E-state index contributed by atoms with van der Waals surface area (Å²) in [6, 6.07) is 5.42. The largest absolute Gasteiger partial charge is 0.326 e. The summed E-state index contributed by atoms with van der Waals surface area (Å²) < 4.78 is 25.8. The lowest BCUT2D eigenvalue weighted by molar-refractivity contribution is -0.117. The van der Waals surface area contributed by atoms with Crippen LogP contribution in [0.5, 0.6) is 0 Å². The molecule has 1 saturated carbocycles. The fourth-order valence-electron chi connectivity index (χ4n) is 3.07. The molecule has 0 aliphatic heterocycles. The highest BCUT2D eigenvalue weighted by molar-refractivity contribution is 7.92. The number of amides is 1. The Balaban J connectivity index is 1.67. The van der Waals surface area contributed by atoms with Crippen molar-refractivity contribution in [3.8, 4) is 0 Å². The van der Waals surface area contributed by atoms with E-state index >= 15 is 0 Å². The summed E-state index contributed by atoms with van der Waals surface area (Å²) in [5.74, 6) is 0.539. The number of nitrogens with zero attached hydrogens (tertiary/aromatic N) is 1. The average Bonchev–Trinajstić information content (AvgIpc) is 2.87. The van der Waals surface area contributed by atoms with Crippen molar-refractivity contribution < 1.29 is 13.2 Å². The maximum Gasteiger partial charge on any atom is 0.231 e. The molecule has 130 valence electrons. The molecule has 1 fully saturated rings. The van der Waals surface area contributed by atoms with Crippen molar-refractivity contribution >= 4 is 48.3 Å². The Morgan fingerprint density at radius 3 is 2.75 bits per heavy atom. The molecule has 0 bridgehead atoms. The standard InChI is InChI=1S/C16H21N3O3S2/c1-24(21,22)19-16-18-13-8-7-12(10-14(13)23-16)17-15(20)9-11-5-3-2-4-6-11/h7-8,10-11H,2-6,9H2,1H3,(H,17,20)(H,18,19). The van der Waals surface area contributed by atoms with Crippen molar-refractivity contribution in [3.63, 3.8) is 0 Å². The fourth-order valence-corrected chi connectivity index (χ4v) is 4.81. The predicted molar refractivity (Wildman–Crippen MR) is 97.9 cm³/mol. The van der Waals surface area contributed by atoms with Crippen LogP contribution in [0.2, 0.25) is 0 Å².